The van der Waals surface area contributed by atoms with Gasteiger partial charge in [-0.15, -0.1) is 12.4 Å². The van der Waals surface area contributed by atoms with Crippen LogP contribution >= 0.6 is 28.3 Å². The lowest BCUT2D eigenvalue weighted by molar-refractivity contribution is 0.253. The van der Waals surface area contributed by atoms with E-state index in [4.69, 9.17) is 4.74 Å². The Labute approximate surface area is 130 Å². The molecular weight excluding hydrogens is 326 g/mol. The molecule has 108 valence electrons. The van der Waals surface area contributed by atoms with Gasteiger partial charge in [-0.2, -0.15) is 0 Å². The Balaban J connectivity index is 0.00000180. The number of halogens is 2. The molecule has 1 unspecified atom stereocenters. The van der Waals surface area contributed by atoms with Crippen LogP contribution in [0, 0.1) is 5.92 Å². The molecule has 1 fully saturated rings. The predicted molar refractivity (Wildman–Crippen MR) is 86.5 cm³/mol. The van der Waals surface area contributed by atoms with E-state index in [1.165, 1.54) is 24.9 Å². The van der Waals surface area contributed by atoms with E-state index < -0.39 is 0 Å². The number of ether oxygens (including phenoxy) is 1. The van der Waals surface area contributed by atoms with E-state index in [9.17, 15) is 0 Å². The maximum atomic E-state index is 5.86. The van der Waals surface area contributed by atoms with Crippen LogP contribution in [0.1, 0.15) is 31.7 Å². The van der Waals surface area contributed by atoms with Gasteiger partial charge in [0.2, 0.25) is 0 Å². The zero-order valence-electron chi connectivity index (χ0n) is 11.5. The Morgan fingerprint density at radius 2 is 2.26 bits per heavy atom. The van der Waals surface area contributed by atoms with Gasteiger partial charge in [-0.3, -0.25) is 0 Å². The second-order valence-electron chi connectivity index (χ2n) is 4.97. The molecule has 19 heavy (non-hydrogen) atoms. The molecule has 4 heteroatoms. The molecule has 0 radical (unpaired) electrons. The fraction of sp³-hybridized carbons (Fsp3) is 0.600. The summed E-state index contributed by atoms with van der Waals surface area (Å²) in [6.07, 6.45) is 4.85. The molecule has 0 amide bonds. The van der Waals surface area contributed by atoms with Gasteiger partial charge in [0.05, 0.1) is 11.1 Å². The Morgan fingerprint density at radius 1 is 1.42 bits per heavy atom. The summed E-state index contributed by atoms with van der Waals surface area (Å²) in [5.41, 5.74) is 1.34. The Kier molecular flexibility index (Phi) is 7.81. The van der Waals surface area contributed by atoms with Crippen LogP contribution in [-0.2, 0) is 6.42 Å². The molecule has 2 rings (SSSR count). The third-order valence-electron chi connectivity index (χ3n) is 3.59. The molecule has 2 nitrogen and oxygen atoms in total. The first-order chi connectivity index (χ1) is 8.79. The molecule has 0 bridgehead atoms. The fourth-order valence-corrected chi connectivity index (χ4v) is 2.93. The highest BCUT2D eigenvalue weighted by molar-refractivity contribution is 9.10. The van der Waals surface area contributed by atoms with Gasteiger partial charge in [-0.1, -0.05) is 13.0 Å². The molecule has 1 aromatic rings. The van der Waals surface area contributed by atoms with E-state index in [0.29, 0.717) is 0 Å². The van der Waals surface area contributed by atoms with E-state index >= 15 is 0 Å². The molecule has 0 spiro atoms. The lowest BCUT2D eigenvalue weighted by Gasteiger charge is -2.22. The minimum Gasteiger partial charge on any atom is -0.492 e. The van der Waals surface area contributed by atoms with Gasteiger partial charge in [0.25, 0.3) is 0 Å². The van der Waals surface area contributed by atoms with Crippen molar-refractivity contribution in [1.29, 1.82) is 0 Å². The number of hydrogen-bond acceptors (Lipinski definition) is 2. The van der Waals surface area contributed by atoms with Crippen LogP contribution in [0.2, 0.25) is 0 Å². The molecule has 0 aliphatic carbocycles. The van der Waals surface area contributed by atoms with Gasteiger partial charge in [-0.25, -0.2) is 0 Å². The Morgan fingerprint density at radius 3 is 2.89 bits per heavy atom. The van der Waals surface area contributed by atoms with Crippen molar-refractivity contribution in [2.24, 2.45) is 5.92 Å². The quantitative estimate of drug-likeness (QED) is 0.861. The normalized spacial score (nSPS) is 18.7. The second kappa shape index (κ2) is 8.83. The van der Waals surface area contributed by atoms with E-state index in [0.717, 1.165) is 42.1 Å². The molecule has 1 heterocycles. The second-order valence-corrected chi connectivity index (χ2v) is 5.82. The van der Waals surface area contributed by atoms with E-state index in [1.807, 2.05) is 0 Å². The van der Waals surface area contributed by atoms with Crippen molar-refractivity contribution >= 4 is 28.3 Å². The SMILES string of the molecule is CCc1ccc(OCCC2CCCNC2)c(Br)c1.Cl. The lowest BCUT2D eigenvalue weighted by atomic mass is 9.97. The van der Waals surface area contributed by atoms with Crippen LogP contribution in [0.5, 0.6) is 5.75 Å². The predicted octanol–water partition coefficient (Wildman–Crippen LogP) is 4.20. The molecule has 1 saturated heterocycles. The average molecular weight is 349 g/mol. The number of hydrogen-bond donors (Lipinski definition) is 1. The molecule has 0 saturated carbocycles. The summed E-state index contributed by atoms with van der Waals surface area (Å²) < 4.78 is 6.94. The van der Waals surface area contributed by atoms with Crippen LogP contribution in [0.4, 0.5) is 0 Å². The minimum absolute atomic E-state index is 0. The van der Waals surface area contributed by atoms with Gasteiger partial charge >= 0.3 is 0 Å². The topological polar surface area (TPSA) is 21.3 Å². The summed E-state index contributed by atoms with van der Waals surface area (Å²) >= 11 is 3.58. The van der Waals surface area contributed by atoms with Crippen LogP contribution in [-0.4, -0.2) is 19.7 Å². The molecule has 1 aliphatic heterocycles. The number of nitrogens with one attached hydrogen (secondary N) is 1. The maximum absolute atomic E-state index is 5.86. The summed E-state index contributed by atoms with van der Waals surface area (Å²) in [4.78, 5) is 0. The first-order valence-corrected chi connectivity index (χ1v) is 7.71. The van der Waals surface area contributed by atoms with Crippen molar-refractivity contribution in [3.8, 4) is 5.75 Å². The van der Waals surface area contributed by atoms with Gasteiger partial charge in [0.15, 0.2) is 0 Å². The smallest absolute Gasteiger partial charge is 0.133 e. The van der Waals surface area contributed by atoms with Crippen molar-refractivity contribution in [2.45, 2.75) is 32.6 Å². The van der Waals surface area contributed by atoms with Crippen molar-refractivity contribution in [3.05, 3.63) is 28.2 Å². The summed E-state index contributed by atoms with van der Waals surface area (Å²) in [7, 11) is 0. The van der Waals surface area contributed by atoms with E-state index in [-0.39, 0.29) is 12.4 Å². The average Bonchev–Trinajstić information content (AvgIpc) is 2.42. The number of rotatable bonds is 5. The molecule has 1 atom stereocenters. The van der Waals surface area contributed by atoms with Crippen LogP contribution < -0.4 is 10.1 Å². The van der Waals surface area contributed by atoms with Gasteiger partial charge < -0.3 is 10.1 Å². The third kappa shape index (κ3) is 5.33. The number of benzene rings is 1. The zero-order chi connectivity index (χ0) is 12.8. The summed E-state index contributed by atoms with van der Waals surface area (Å²) in [6.45, 7) is 5.31. The summed E-state index contributed by atoms with van der Waals surface area (Å²) in [6, 6.07) is 6.36. The molecular formula is C15H23BrClNO. The van der Waals surface area contributed by atoms with Crippen molar-refractivity contribution in [3.63, 3.8) is 0 Å². The minimum atomic E-state index is 0. The first kappa shape index (κ1) is 16.8. The maximum Gasteiger partial charge on any atom is 0.133 e. The van der Waals surface area contributed by atoms with Crippen LogP contribution in [0.25, 0.3) is 0 Å². The first-order valence-electron chi connectivity index (χ1n) is 6.91. The van der Waals surface area contributed by atoms with E-state index in [1.54, 1.807) is 0 Å². The monoisotopic (exact) mass is 347 g/mol. The van der Waals surface area contributed by atoms with Crippen molar-refractivity contribution < 1.29 is 4.74 Å². The van der Waals surface area contributed by atoms with Gasteiger partial charge in [0.1, 0.15) is 5.75 Å². The van der Waals surface area contributed by atoms with Crippen molar-refractivity contribution in [1.82, 2.24) is 5.32 Å². The van der Waals surface area contributed by atoms with E-state index in [2.05, 4.69) is 46.4 Å². The van der Waals surface area contributed by atoms with Gasteiger partial charge in [0, 0.05) is 0 Å². The molecule has 1 aromatic carbocycles. The molecule has 1 N–H and O–H groups in total. The van der Waals surface area contributed by atoms with Crippen LogP contribution in [0.15, 0.2) is 22.7 Å². The highest BCUT2D eigenvalue weighted by Crippen LogP contribution is 2.26. The highest BCUT2D eigenvalue weighted by Gasteiger charge is 2.12. The summed E-state index contributed by atoms with van der Waals surface area (Å²) in [5, 5.41) is 3.45. The standard InChI is InChI=1S/C15H22BrNO.ClH/c1-2-12-5-6-15(14(16)10-12)18-9-7-13-4-3-8-17-11-13;/h5-6,10,13,17H,2-4,7-9,11H2,1H3;1H. The summed E-state index contributed by atoms with van der Waals surface area (Å²) in [5.74, 6) is 1.75. The molecule has 0 aromatic heterocycles. The third-order valence-corrected chi connectivity index (χ3v) is 4.21. The highest BCUT2D eigenvalue weighted by atomic mass is 79.9. The van der Waals surface area contributed by atoms with Gasteiger partial charge in [-0.05, 0) is 78.3 Å². The largest absolute Gasteiger partial charge is 0.492 e. The zero-order valence-corrected chi connectivity index (χ0v) is 13.9. The van der Waals surface area contributed by atoms with Crippen molar-refractivity contribution in [2.75, 3.05) is 19.7 Å². The fourth-order valence-electron chi connectivity index (χ4n) is 2.39. The van der Waals surface area contributed by atoms with Crippen LogP contribution in [0.3, 0.4) is 0 Å². The number of aryl methyl sites for hydroxylation is 1. The Bertz CT molecular complexity index is 380. The number of piperidine rings is 1. The Hall–Kier alpha value is -0.250. The lowest BCUT2D eigenvalue weighted by Crippen LogP contribution is -2.30. The molecule has 1 aliphatic rings.